The van der Waals surface area contributed by atoms with Gasteiger partial charge in [0.1, 0.15) is 17.1 Å². The van der Waals surface area contributed by atoms with E-state index in [1.807, 2.05) is 30.3 Å². The number of halogens is 1. The quantitative estimate of drug-likeness (QED) is 0.604. The Bertz CT molecular complexity index is 719. The van der Waals surface area contributed by atoms with Gasteiger partial charge in [0.05, 0.1) is 5.52 Å². The van der Waals surface area contributed by atoms with E-state index >= 15 is 0 Å². The first-order valence-corrected chi connectivity index (χ1v) is 6.17. The maximum atomic E-state index is 9.82. The second-order valence-electron chi connectivity index (χ2n) is 4.03. The molecule has 0 amide bonds. The summed E-state index contributed by atoms with van der Waals surface area (Å²) < 4.78 is 0.806. The molecule has 0 aliphatic carbocycles. The van der Waals surface area contributed by atoms with Crippen molar-refractivity contribution >= 4 is 32.7 Å². The summed E-state index contributed by atoms with van der Waals surface area (Å²) in [6.07, 6.45) is 0. The van der Waals surface area contributed by atoms with Crippen LogP contribution in [0.25, 0.3) is 22.4 Å². The van der Waals surface area contributed by atoms with E-state index in [0.717, 1.165) is 15.6 Å². The van der Waals surface area contributed by atoms with Gasteiger partial charge in [0, 0.05) is 15.7 Å². The summed E-state index contributed by atoms with van der Waals surface area (Å²) >= 11 is 3.33. The molecule has 0 saturated carbocycles. The first kappa shape index (κ1) is 11.1. The first-order chi connectivity index (χ1) is 8.63. The van der Waals surface area contributed by atoms with E-state index in [1.165, 1.54) is 0 Å². The Morgan fingerprint density at radius 3 is 2.61 bits per heavy atom. The van der Waals surface area contributed by atoms with Crippen LogP contribution >= 0.6 is 15.9 Å². The molecule has 90 valence electrons. The fraction of sp³-hybridized carbons (Fsp3) is 0. The van der Waals surface area contributed by atoms with Crippen LogP contribution in [0.1, 0.15) is 0 Å². The van der Waals surface area contributed by atoms with E-state index in [9.17, 15) is 5.11 Å². The van der Waals surface area contributed by atoms with Gasteiger partial charge < -0.3 is 15.8 Å². The van der Waals surface area contributed by atoms with Gasteiger partial charge in [-0.15, -0.1) is 0 Å². The maximum Gasteiger partial charge on any atom is 0.144 e. The number of aromatic hydroxyl groups is 1. The molecule has 2 aromatic carbocycles. The molecule has 4 nitrogen and oxygen atoms in total. The molecule has 5 heteroatoms. The largest absolute Gasteiger partial charge is 0.506 e. The van der Waals surface area contributed by atoms with Crippen molar-refractivity contribution < 1.29 is 5.11 Å². The minimum Gasteiger partial charge on any atom is -0.506 e. The molecule has 0 saturated heterocycles. The van der Waals surface area contributed by atoms with E-state index < -0.39 is 0 Å². The van der Waals surface area contributed by atoms with Gasteiger partial charge in [-0.1, -0.05) is 15.9 Å². The number of fused-ring (bicyclic) bond motifs is 1. The molecule has 18 heavy (non-hydrogen) atoms. The van der Waals surface area contributed by atoms with E-state index in [1.54, 1.807) is 6.07 Å². The molecule has 0 aliphatic rings. The van der Waals surface area contributed by atoms with E-state index in [0.29, 0.717) is 17.0 Å². The number of imidazole rings is 1. The average Bonchev–Trinajstić information content (AvgIpc) is 2.74. The summed E-state index contributed by atoms with van der Waals surface area (Å²) in [6.45, 7) is 0. The van der Waals surface area contributed by atoms with Crippen molar-refractivity contribution in [2.75, 3.05) is 5.73 Å². The number of phenols is 1. The van der Waals surface area contributed by atoms with Crippen LogP contribution in [0.4, 0.5) is 5.69 Å². The van der Waals surface area contributed by atoms with Crippen LogP contribution in [0.15, 0.2) is 40.9 Å². The van der Waals surface area contributed by atoms with Crippen LogP contribution in [0.5, 0.6) is 5.75 Å². The van der Waals surface area contributed by atoms with Gasteiger partial charge in [-0.25, -0.2) is 4.98 Å². The number of H-pyrrole nitrogens is 1. The molecule has 0 atom stereocenters. The number of aromatic amines is 1. The zero-order valence-electron chi connectivity index (χ0n) is 9.31. The van der Waals surface area contributed by atoms with Gasteiger partial charge >= 0.3 is 0 Å². The number of anilines is 1. The number of nitrogen functional groups attached to an aromatic ring is 1. The first-order valence-electron chi connectivity index (χ1n) is 5.37. The zero-order chi connectivity index (χ0) is 12.7. The van der Waals surface area contributed by atoms with Crippen LogP contribution in [0, 0.1) is 0 Å². The second kappa shape index (κ2) is 4.03. The van der Waals surface area contributed by atoms with E-state index in [-0.39, 0.29) is 5.75 Å². The highest BCUT2D eigenvalue weighted by Crippen LogP contribution is 2.30. The minimum atomic E-state index is 0.150. The predicted octanol–water partition coefficient (Wildman–Crippen LogP) is 3.28. The molecule has 0 unspecified atom stereocenters. The number of aromatic nitrogens is 2. The van der Waals surface area contributed by atoms with E-state index in [2.05, 4.69) is 25.9 Å². The molecule has 0 radical (unpaired) electrons. The number of phenolic OH excluding ortho intramolecular Hbond substituents is 1. The van der Waals surface area contributed by atoms with E-state index in [4.69, 9.17) is 5.73 Å². The summed E-state index contributed by atoms with van der Waals surface area (Å²) in [5.74, 6) is 0.857. The van der Waals surface area contributed by atoms with Gasteiger partial charge in [0.2, 0.25) is 0 Å². The molecule has 3 rings (SSSR count). The van der Waals surface area contributed by atoms with Gasteiger partial charge in [0.25, 0.3) is 0 Å². The van der Waals surface area contributed by atoms with Gasteiger partial charge in [-0.05, 0) is 36.4 Å². The third-order valence-corrected chi connectivity index (χ3v) is 3.17. The molecule has 3 aromatic rings. The average molecular weight is 304 g/mol. The molecule has 1 aromatic heterocycles. The van der Waals surface area contributed by atoms with Crippen molar-refractivity contribution in [3.63, 3.8) is 0 Å². The third kappa shape index (κ3) is 1.82. The summed E-state index contributed by atoms with van der Waals surface area (Å²) in [4.78, 5) is 7.56. The second-order valence-corrected chi connectivity index (χ2v) is 4.94. The Kier molecular flexibility index (Phi) is 2.48. The SMILES string of the molecule is Nc1ccc(-c2nc3c(O)cc(Br)cc3[nH]2)cc1. The summed E-state index contributed by atoms with van der Waals surface area (Å²) in [5.41, 5.74) is 8.63. The summed E-state index contributed by atoms with van der Waals surface area (Å²) in [5, 5.41) is 9.82. The van der Waals surface area contributed by atoms with Crippen LogP contribution in [-0.2, 0) is 0 Å². The van der Waals surface area contributed by atoms with Crippen molar-refractivity contribution in [2.24, 2.45) is 0 Å². The van der Waals surface area contributed by atoms with Crippen molar-refractivity contribution in [1.29, 1.82) is 0 Å². The number of hydrogen-bond acceptors (Lipinski definition) is 3. The number of nitrogens with zero attached hydrogens (tertiary/aromatic N) is 1. The fourth-order valence-corrected chi connectivity index (χ4v) is 2.29. The van der Waals surface area contributed by atoms with Crippen LogP contribution in [-0.4, -0.2) is 15.1 Å². The smallest absolute Gasteiger partial charge is 0.144 e. The predicted molar refractivity (Wildman–Crippen MR) is 75.3 cm³/mol. The monoisotopic (exact) mass is 303 g/mol. The highest BCUT2D eigenvalue weighted by Gasteiger charge is 2.09. The lowest BCUT2D eigenvalue weighted by molar-refractivity contribution is 0.480. The Balaban J connectivity index is 2.19. The molecule has 4 N–H and O–H groups in total. The number of rotatable bonds is 1. The number of nitrogens with one attached hydrogen (secondary N) is 1. The zero-order valence-corrected chi connectivity index (χ0v) is 10.9. The third-order valence-electron chi connectivity index (χ3n) is 2.72. The molecule has 0 spiro atoms. The lowest BCUT2D eigenvalue weighted by atomic mass is 10.2. The van der Waals surface area contributed by atoms with Crippen molar-refractivity contribution in [3.8, 4) is 17.1 Å². The Hall–Kier alpha value is -2.01. The van der Waals surface area contributed by atoms with Gasteiger partial charge in [0.15, 0.2) is 0 Å². The van der Waals surface area contributed by atoms with Crippen molar-refractivity contribution in [3.05, 3.63) is 40.9 Å². The molecular formula is C13H10BrN3O. The Morgan fingerprint density at radius 1 is 1.17 bits per heavy atom. The molecule has 1 heterocycles. The summed E-state index contributed by atoms with van der Waals surface area (Å²) in [6, 6.07) is 10.9. The highest BCUT2D eigenvalue weighted by molar-refractivity contribution is 9.10. The molecule has 0 bridgehead atoms. The Morgan fingerprint density at radius 2 is 1.89 bits per heavy atom. The number of benzene rings is 2. The van der Waals surface area contributed by atoms with Gasteiger partial charge in [-0.2, -0.15) is 0 Å². The maximum absolute atomic E-state index is 9.82. The normalized spacial score (nSPS) is 10.9. The number of hydrogen-bond donors (Lipinski definition) is 3. The highest BCUT2D eigenvalue weighted by atomic mass is 79.9. The van der Waals surface area contributed by atoms with Crippen molar-refractivity contribution in [1.82, 2.24) is 9.97 Å². The lowest BCUT2D eigenvalue weighted by Gasteiger charge is -1.96. The lowest BCUT2D eigenvalue weighted by Crippen LogP contribution is -1.84. The molecule has 0 fully saturated rings. The topological polar surface area (TPSA) is 74.9 Å². The standard InChI is InChI=1S/C13H10BrN3O/c14-8-5-10-12(11(18)6-8)17-13(16-10)7-1-3-9(15)4-2-7/h1-6,18H,15H2,(H,16,17). The van der Waals surface area contributed by atoms with Crippen LogP contribution in [0.3, 0.4) is 0 Å². The van der Waals surface area contributed by atoms with Gasteiger partial charge in [-0.3, -0.25) is 0 Å². The van der Waals surface area contributed by atoms with Crippen LogP contribution in [0.2, 0.25) is 0 Å². The molecule has 0 aliphatic heterocycles. The summed E-state index contributed by atoms with van der Waals surface area (Å²) in [7, 11) is 0. The fourth-order valence-electron chi connectivity index (χ4n) is 1.84. The number of nitrogens with two attached hydrogens (primary N) is 1. The Labute approximate surface area is 112 Å². The molecular weight excluding hydrogens is 294 g/mol. The minimum absolute atomic E-state index is 0.150. The van der Waals surface area contributed by atoms with Crippen molar-refractivity contribution in [2.45, 2.75) is 0 Å². The van der Waals surface area contributed by atoms with Crippen LogP contribution < -0.4 is 5.73 Å².